The number of likely N-dealkylation sites (N-methyl/N-ethyl adjacent to an activating group) is 1. The van der Waals surface area contributed by atoms with E-state index in [1.165, 1.54) is 0 Å². The molecule has 3 nitrogen and oxygen atoms in total. The van der Waals surface area contributed by atoms with Crippen molar-refractivity contribution in [3.05, 3.63) is 11.6 Å². The molecule has 1 atom stereocenters. The Morgan fingerprint density at radius 3 is 3.08 bits per heavy atom. The Bertz CT molecular complexity index is 214. The molecule has 0 amide bonds. The molecular weight excluding hydrogens is 150 g/mol. The van der Waals surface area contributed by atoms with E-state index in [2.05, 4.69) is 23.3 Å². The lowest BCUT2D eigenvalue weighted by Gasteiger charge is -2.33. The summed E-state index contributed by atoms with van der Waals surface area (Å²) < 4.78 is 0. The highest BCUT2D eigenvalue weighted by Crippen LogP contribution is 2.09. The Balaban J connectivity index is 2.60. The maximum absolute atomic E-state index is 8.49. The molecule has 1 fully saturated rings. The monoisotopic (exact) mass is 165 g/mol. The van der Waals surface area contributed by atoms with Crippen LogP contribution in [0.3, 0.4) is 0 Å². The van der Waals surface area contributed by atoms with Gasteiger partial charge in [0.25, 0.3) is 0 Å². The van der Waals surface area contributed by atoms with Gasteiger partial charge in [-0.3, -0.25) is 4.90 Å². The van der Waals surface area contributed by atoms with Crippen molar-refractivity contribution in [2.75, 3.05) is 26.7 Å². The van der Waals surface area contributed by atoms with Gasteiger partial charge < -0.3 is 5.32 Å². The largest absolute Gasteiger partial charge is 0.314 e. The Labute approximate surface area is 73.7 Å². The van der Waals surface area contributed by atoms with Gasteiger partial charge in [0.05, 0.1) is 6.07 Å². The van der Waals surface area contributed by atoms with Gasteiger partial charge in [0.2, 0.25) is 0 Å². The maximum Gasteiger partial charge on any atom is 0.0912 e. The summed E-state index contributed by atoms with van der Waals surface area (Å²) in [5, 5.41) is 11.8. The van der Waals surface area contributed by atoms with Gasteiger partial charge in [0, 0.05) is 31.8 Å². The quantitative estimate of drug-likeness (QED) is 0.570. The average Bonchev–Trinajstić information content (AvgIpc) is 2.05. The van der Waals surface area contributed by atoms with E-state index in [0.717, 1.165) is 25.2 Å². The van der Waals surface area contributed by atoms with Crippen LogP contribution in [0.1, 0.15) is 6.92 Å². The van der Waals surface area contributed by atoms with Crippen molar-refractivity contribution in [1.29, 1.82) is 5.26 Å². The summed E-state index contributed by atoms with van der Waals surface area (Å²) in [6.45, 7) is 5.08. The van der Waals surface area contributed by atoms with E-state index < -0.39 is 0 Å². The van der Waals surface area contributed by atoms with Gasteiger partial charge in [-0.05, 0) is 19.5 Å². The first kappa shape index (κ1) is 9.24. The van der Waals surface area contributed by atoms with Gasteiger partial charge >= 0.3 is 0 Å². The van der Waals surface area contributed by atoms with Crippen molar-refractivity contribution < 1.29 is 0 Å². The first-order valence-corrected chi connectivity index (χ1v) is 4.23. The van der Waals surface area contributed by atoms with E-state index in [-0.39, 0.29) is 0 Å². The molecule has 1 rings (SSSR count). The topological polar surface area (TPSA) is 39.1 Å². The Morgan fingerprint density at radius 1 is 1.75 bits per heavy atom. The van der Waals surface area contributed by atoms with Crippen LogP contribution in [0.15, 0.2) is 11.6 Å². The Kier molecular flexibility index (Phi) is 3.27. The van der Waals surface area contributed by atoms with Crippen LogP contribution in [-0.4, -0.2) is 37.6 Å². The number of piperazine rings is 1. The van der Waals surface area contributed by atoms with Crippen molar-refractivity contribution in [1.82, 2.24) is 10.2 Å². The number of allylic oxidation sites excluding steroid dienone is 1. The highest BCUT2D eigenvalue weighted by Gasteiger charge is 2.19. The molecule has 1 saturated heterocycles. The lowest BCUT2D eigenvalue weighted by Crippen LogP contribution is -2.49. The molecule has 1 aliphatic rings. The van der Waals surface area contributed by atoms with Gasteiger partial charge in [-0.15, -0.1) is 0 Å². The third kappa shape index (κ3) is 2.07. The zero-order chi connectivity index (χ0) is 8.97. The maximum atomic E-state index is 8.49. The van der Waals surface area contributed by atoms with E-state index in [1.54, 1.807) is 6.08 Å². The molecule has 12 heavy (non-hydrogen) atoms. The van der Waals surface area contributed by atoms with Crippen molar-refractivity contribution >= 4 is 0 Å². The smallest absolute Gasteiger partial charge is 0.0912 e. The van der Waals surface area contributed by atoms with Crippen LogP contribution in [0.5, 0.6) is 0 Å². The highest BCUT2D eigenvalue weighted by atomic mass is 15.2. The third-order valence-electron chi connectivity index (χ3n) is 2.33. The first-order valence-electron chi connectivity index (χ1n) is 4.23. The minimum absolute atomic E-state index is 0.401. The highest BCUT2D eigenvalue weighted by molar-refractivity contribution is 5.18. The standard InChI is InChI=1S/C9H15N3/c1-8(3-4-10)9-7-11-5-6-12(9)2/h3,9,11H,5-7H2,1-2H3. The Hall–Kier alpha value is -0.850. The molecule has 66 valence electrons. The predicted molar refractivity (Wildman–Crippen MR) is 48.7 cm³/mol. The molecule has 0 saturated carbocycles. The van der Waals surface area contributed by atoms with Crippen LogP contribution >= 0.6 is 0 Å². The fourth-order valence-electron chi connectivity index (χ4n) is 1.51. The predicted octanol–water partition coefficient (Wildman–Crippen LogP) is 0.360. The number of hydrogen-bond donors (Lipinski definition) is 1. The summed E-state index contributed by atoms with van der Waals surface area (Å²) in [6, 6.07) is 2.47. The summed E-state index contributed by atoms with van der Waals surface area (Å²) in [4.78, 5) is 2.28. The van der Waals surface area contributed by atoms with Gasteiger partial charge in [-0.25, -0.2) is 0 Å². The zero-order valence-electron chi connectivity index (χ0n) is 7.67. The lowest BCUT2D eigenvalue weighted by atomic mass is 10.1. The number of nitrogens with zero attached hydrogens (tertiary/aromatic N) is 2. The van der Waals surface area contributed by atoms with Crippen LogP contribution < -0.4 is 5.32 Å². The molecule has 1 unspecified atom stereocenters. The van der Waals surface area contributed by atoms with Crippen LogP contribution in [0, 0.1) is 11.3 Å². The number of rotatable bonds is 1. The van der Waals surface area contributed by atoms with E-state index in [4.69, 9.17) is 5.26 Å². The molecule has 0 spiro atoms. The van der Waals surface area contributed by atoms with E-state index in [9.17, 15) is 0 Å². The summed E-state index contributed by atoms with van der Waals surface area (Å²) in [5.41, 5.74) is 1.15. The SMILES string of the molecule is CC(=CC#N)C1CNCCN1C. The molecule has 0 aromatic carbocycles. The second-order valence-corrected chi connectivity index (χ2v) is 3.22. The van der Waals surface area contributed by atoms with E-state index in [1.807, 2.05) is 6.92 Å². The molecule has 0 aromatic rings. The second kappa shape index (κ2) is 4.24. The molecule has 0 aromatic heterocycles. The Morgan fingerprint density at radius 2 is 2.50 bits per heavy atom. The van der Waals surface area contributed by atoms with E-state index >= 15 is 0 Å². The fourth-order valence-corrected chi connectivity index (χ4v) is 1.51. The molecule has 1 N–H and O–H groups in total. The van der Waals surface area contributed by atoms with Crippen LogP contribution in [-0.2, 0) is 0 Å². The van der Waals surface area contributed by atoms with Crippen molar-refractivity contribution in [2.24, 2.45) is 0 Å². The molecule has 1 heterocycles. The van der Waals surface area contributed by atoms with Crippen molar-refractivity contribution in [3.8, 4) is 6.07 Å². The van der Waals surface area contributed by atoms with Crippen molar-refractivity contribution in [3.63, 3.8) is 0 Å². The number of hydrogen-bond acceptors (Lipinski definition) is 3. The van der Waals surface area contributed by atoms with Crippen LogP contribution in [0.2, 0.25) is 0 Å². The van der Waals surface area contributed by atoms with Gasteiger partial charge in [0.15, 0.2) is 0 Å². The minimum Gasteiger partial charge on any atom is -0.314 e. The van der Waals surface area contributed by atoms with Crippen LogP contribution in [0.4, 0.5) is 0 Å². The molecule has 0 radical (unpaired) electrons. The normalized spacial score (nSPS) is 26.8. The average molecular weight is 165 g/mol. The summed E-state index contributed by atoms with van der Waals surface area (Å²) in [6.07, 6.45) is 1.63. The molecular formula is C9H15N3. The van der Waals surface area contributed by atoms with Gasteiger partial charge in [0.1, 0.15) is 0 Å². The molecule has 0 bridgehead atoms. The fraction of sp³-hybridized carbons (Fsp3) is 0.667. The van der Waals surface area contributed by atoms with Gasteiger partial charge in [-0.2, -0.15) is 5.26 Å². The van der Waals surface area contributed by atoms with E-state index in [0.29, 0.717) is 6.04 Å². The van der Waals surface area contributed by atoms with Crippen LogP contribution in [0.25, 0.3) is 0 Å². The second-order valence-electron chi connectivity index (χ2n) is 3.22. The molecule has 1 aliphatic heterocycles. The zero-order valence-corrected chi connectivity index (χ0v) is 7.67. The van der Waals surface area contributed by atoms with Gasteiger partial charge in [-0.1, -0.05) is 0 Å². The lowest BCUT2D eigenvalue weighted by molar-refractivity contribution is 0.227. The first-order chi connectivity index (χ1) is 5.75. The minimum atomic E-state index is 0.401. The summed E-state index contributed by atoms with van der Waals surface area (Å²) >= 11 is 0. The molecule has 0 aliphatic carbocycles. The molecule has 3 heteroatoms. The summed E-state index contributed by atoms with van der Waals surface area (Å²) in [7, 11) is 2.10. The summed E-state index contributed by atoms with van der Waals surface area (Å²) in [5.74, 6) is 0. The third-order valence-corrected chi connectivity index (χ3v) is 2.33. The van der Waals surface area contributed by atoms with Crippen molar-refractivity contribution in [2.45, 2.75) is 13.0 Å². The number of nitriles is 1. The number of nitrogens with one attached hydrogen (secondary N) is 1.